The smallest absolute Gasteiger partial charge is 0.317 e. The molecule has 2 heterocycles. The van der Waals surface area contributed by atoms with Gasteiger partial charge in [0.05, 0.1) is 0 Å². The van der Waals surface area contributed by atoms with E-state index in [1.807, 2.05) is 4.90 Å². The molecule has 20 heavy (non-hydrogen) atoms. The highest BCUT2D eigenvalue weighted by Crippen LogP contribution is 2.29. The molecule has 0 unspecified atom stereocenters. The normalized spacial score (nSPS) is 29.4. The summed E-state index contributed by atoms with van der Waals surface area (Å²) in [7, 11) is 0. The third kappa shape index (κ3) is 3.46. The van der Waals surface area contributed by atoms with E-state index in [1.54, 1.807) is 0 Å². The number of urea groups is 1. The van der Waals surface area contributed by atoms with Gasteiger partial charge in [-0.25, -0.2) is 4.79 Å². The molecule has 1 N–H and O–H groups in total. The summed E-state index contributed by atoms with van der Waals surface area (Å²) < 4.78 is 0. The lowest BCUT2D eigenvalue weighted by atomic mass is 9.96. The first-order valence-corrected chi connectivity index (χ1v) is 8.55. The minimum atomic E-state index is 0.188. The number of carbonyl (C=O) groups excluding carboxylic acids is 1. The van der Waals surface area contributed by atoms with Gasteiger partial charge in [-0.05, 0) is 44.4 Å². The third-order valence-corrected chi connectivity index (χ3v) is 5.30. The average Bonchev–Trinajstić information content (AvgIpc) is 3.33. The Balaban J connectivity index is 1.42. The van der Waals surface area contributed by atoms with E-state index in [1.165, 1.54) is 45.2 Å². The summed E-state index contributed by atoms with van der Waals surface area (Å²) in [6, 6.07) is 1.46. The van der Waals surface area contributed by atoms with E-state index in [0.29, 0.717) is 12.0 Å². The maximum absolute atomic E-state index is 12.4. The molecule has 0 aromatic carbocycles. The molecule has 114 valence electrons. The molecule has 0 bridgehead atoms. The SMILES string of the molecule is CC[C@@H]1CCCN(C(=O)NC2CCN(C3CC3)CC2)C1. The average molecular weight is 279 g/mol. The largest absolute Gasteiger partial charge is 0.335 e. The Bertz CT molecular complexity index is 335. The number of nitrogens with one attached hydrogen (secondary N) is 1. The fourth-order valence-electron chi connectivity index (χ4n) is 3.70. The standard InChI is InChI=1S/C16H29N3O/c1-2-13-4-3-9-19(12-13)16(20)17-14-7-10-18(11-8-14)15-5-6-15/h13-15H,2-12H2,1H3,(H,17,20)/t13-/m1/s1. The maximum Gasteiger partial charge on any atom is 0.317 e. The molecular formula is C16H29N3O. The molecule has 2 amide bonds. The van der Waals surface area contributed by atoms with Crippen LogP contribution in [-0.4, -0.2) is 54.1 Å². The van der Waals surface area contributed by atoms with Crippen molar-refractivity contribution in [3.05, 3.63) is 0 Å². The van der Waals surface area contributed by atoms with Crippen LogP contribution in [0.3, 0.4) is 0 Å². The zero-order chi connectivity index (χ0) is 13.9. The van der Waals surface area contributed by atoms with Crippen LogP contribution >= 0.6 is 0 Å². The lowest BCUT2D eigenvalue weighted by Crippen LogP contribution is -2.51. The first kappa shape index (κ1) is 14.2. The van der Waals surface area contributed by atoms with Gasteiger partial charge in [-0.2, -0.15) is 0 Å². The van der Waals surface area contributed by atoms with E-state index in [-0.39, 0.29) is 6.03 Å². The number of carbonyl (C=O) groups is 1. The highest BCUT2D eigenvalue weighted by molar-refractivity contribution is 5.74. The molecule has 0 spiro atoms. The minimum Gasteiger partial charge on any atom is -0.335 e. The number of hydrogen-bond donors (Lipinski definition) is 1. The second-order valence-corrected chi connectivity index (χ2v) is 6.85. The molecule has 1 aliphatic carbocycles. The molecule has 2 saturated heterocycles. The van der Waals surface area contributed by atoms with Crippen LogP contribution in [-0.2, 0) is 0 Å². The molecule has 0 radical (unpaired) electrons. The van der Waals surface area contributed by atoms with Gasteiger partial charge in [-0.3, -0.25) is 0 Å². The fraction of sp³-hybridized carbons (Fsp3) is 0.938. The van der Waals surface area contributed by atoms with E-state index >= 15 is 0 Å². The summed E-state index contributed by atoms with van der Waals surface area (Å²) in [4.78, 5) is 17.0. The van der Waals surface area contributed by atoms with Crippen LogP contribution in [0.25, 0.3) is 0 Å². The summed E-state index contributed by atoms with van der Waals surface area (Å²) in [5.41, 5.74) is 0. The van der Waals surface area contributed by atoms with Crippen molar-refractivity contribution in [2.45, 2.75) is 64.0 Å². The van der Waals surface area contributed by atoms with Crippen LogP contribution in [0, 0.1) is 5.92 Å². The van der Waals surface area contributed by atoms with Gasteiger partial charge in [0.1, 0.15) is 0 Å². The maximum atomic E-state index is 12.4. The highest BCUT2D eigenvalue weighted by Gasteiger charge is 2.32. The van der Waals surface area contributed by atoms with Crippen molar-refractivity contribution in [1.82, 2.24) is 15.1 Å². The van der Waals surface area contributed by atoms with E-state index in [4.69, 9.17) is 0 Å². The van der Waals surface area contributed by atoms with Crippen LogP contribution in [0.1, 0.15) is 51.9 Å². The molecule has 1 saturated carbocycles. The summed E-state index contributed by atoms with van der Waals surface area (Å²) in [6.07, 6.45) is 8.71. The van der Waals surface area contributed by atoms with Gasteiger partial charge >= 0.3 is 6.03 Å². The molecule has 4 nitrogen and oxygen atoms in total. The second kappa shape index (κ2) is 6.33. The predicted octanol–water partition coefficient (Wildman–Crippen LogP) is 2.44. The van der Waals surface area contributed by atoms with E-state index < -0.39 is 0 Å². The van der Waals surface area contributed by atoms with Crippen molar-refractivity contribution in [2.75, 3.05) is 26.2 Å². The zero-order valence-corrected chi connectivity index (χ0v) is 12.8. The number of amides is 2. The molecule has 4 heteroatoms. The summed E-state index contributed by atoms with van der Waals surface area (Å²) >= 11 is 0. The van der Waals surface area contributed by atoms with Gasteiger partial charge < -0.3 is 15.1 Å². The Morgan fingerprint density at radius 3 is 2.50 bits per heavy atom. The van der Waals surface area contributed by atoms with Gasteiger partial charge in [0.2, 0.25) is 0 Å². The predicted molar refractivity (Wildman–Crippen MR) is 80.7 cm³/mol. The molecule has 3 fully saturated rings. The molecule has 3 rings (SSSR count). The minimum absolute atomic E-state index is 0.188. The molecule has 2 aliphatic heterocycles. The number of rotatable bonds is 3. The summed E-state index contributed by atoms with van der Waals surface area (Å²) in [5, 5.41) is 3.27. The molecule has 0 aromatic heterocycles. The van der Waals surface area contributed by atoms with E-state index in [9.17, 15) is 4.79 Å². The van der Waals surface area contributed by atoms with Gasteiger partial charge in [0, 0.05) is 38.3 Å². The van der Waals surface area contributed by atoms with E-state index in [0.717, 1.165) is 32.0 Å². The van der Waals surface area contributed by atoms with Gasteiger partial charge in [0.25, 0.3) is 0 Å². The van der Waals surface area contributed by atoms with Crippen LogP contribution in [0.4, 0.5) is 4.79 Å². The van der Waals surface area contributed by atoms with Crippen molar-refractivity contribution in [1.29, 1.82) is 0 Å². The van der Waals surface area contributed by atoms with Crippen LogP contribution < -0.4 is 5.32 Å². The molecular weight excluding hydrogens is 250 g/mol. The monoisotopic (exact) mass is 279 g/mol. The van der Waals surface area contributed by atoms with Gasteiger partial charge in [-0.1, -0.05) is 13.3 Å². The topological polar surface area (TPSA) is 35.6 Å². The zero-order valence-electron chi connectivity index (χ0n) is 12.8. The number of nitrogens with zero attached hydrogens (tertiary/aromatic N) is 2. The van der Waals surface area contributed by atoms with Crippen molar-refractivity contribution >= 4 is 6.03 Å². The van der Waals surface area contributed by atoms with Crippen molar-refractivity contribution in [3.8, 4) is 0 Å². The van der Waals surface area contributed by atoms with Gasteiger partial charge in [0.15, 0.2) is 0 Å². The third-order valence-electron chi connectivity index (χ3n) is 5.30. The number of likely N-dealkylation sites (tertiary alicyclic amines) is 2. The van der Waals surface area contributed by atoms with Crippen LogP contribution in [0.15, 0.2) is 0 Å². The second-order valence-electron chi connectivity index (χ2n) is 6.85. The van der Waals surface area contributed by atoms with Gasteiger partial charge in [-0.15, -0.1) is 0 Å². The Kier molecular flexibility index (Phi) is 4.49. The first-order valence-electron chi connectivity index (χ1n) is 8.55. The highest BCUT2D eigenvalue weighted by atomic mass is 16.2. The molecule has 3 aliphatic rings. The fourth-order valence-corrected chi connectivity index (χ4v) is 3.70. The lowest BCUT2D eigenvalue weighted by molar-refractivity contribution is 0.148. The molecule has 0 aromatic rings. The molecule has 1 atom stereocenters. The summed E-state index contributed by atoms with van der Waals surface area (Å²) in [6.45, 7) is 6.49. The van der Waals surface area contributed by atoms with E-state index in [2.05, 4.69) is 17.1 Å². The Morgan fingerprint density at radius 1 is 1.10 bits per heavy atom. The Labute approximate surface area is 122 Å². The van der Waals surface area contributed by atoms with Crippen molar-refractivity contribution in [3.63, 3.8) is 0 Å². The Hall–Kier alpha value is -0.770. The first-order chi connectivity index (χ1) is 9.76. The Morgan fingerprint density at radius 2 is 1.85 bits per heavy atom. The van der Waals surface area contributed by atoms with Crippen LogP contribution in [0.5, 0.6) is 0 Å². The number of piperidine rings is 2. The number of hydrogen-bond acceptors (Lipinski definition) is 2. The van der Waals surface area contributed by atoms with Crippen molar-refractivity contribution < 1.29 is 4.79 Å². The van der Waals surface area contributed by atoms with Crippen LogP contribution in [0.2, 0.25) is 0 Å². The van der Waals surface area contributed by atoms with Crippen molar-refractivity contribution in [2.24, 2.45) is 5.92 Å². The summed E-state index contributed by atoms with van der Waals surface area (Å²) in [5.74, 6) is 0.714. The quantitative estimate of drug-likeness (QED) is 0.861. The lowest BCUT2D eigenvalue weighted by Gasteiger charge is -2.36.